The molecule has 0 atom stereocenters. The zero-order valence-electron chi connectivity index (χ0n) is 12.8. The molecule has 0 saturated carbocycles. The first-order valence-electron chi connectivity index (χ1n) is 6.48. The molecule has 0 unspecified atom stereocenters. The van der Waals surface area contributed by atoms with Gasteiger partial charge in [-0.3, -0.25) is 4.79 Å². The molecule has 0 aliphatic rings. The van der Waals surface area contributed by atoms with Crippen LogP contribution in [-0.4, -0.2) is 25.8 Å². The summed E-state index contributed by atoms with van der Waals surface area (Å²) in [6.07, 6.45) is 0.216. The third-order valence-corrected chi connectivity index (χ3v) is 3.17. The van der Waals surface area contributed by atoms with E-state index in [9.17, 15) is 9.59 Å². The van der Waals surface area contributed by atoms with Crippen molar-refractivity contribution in [2.45, 2.75) is 27.2 Å². The summed E-state index contributed by atoms with van der Waals surface area (Å²) >= 11 is 0. The van der Waals surface area contributed by atoms with Crippen LogP contribution in [0, 0.1) is 13.8 Å². The van der Waals surface area contributed by atoms with Crippen LogP contribution in [-0.2, 0) is 25.5 Å². The summed E-state index contributed by atoms with van der Waals surface area (Å²) in [5, 5.41) is 0. The molecule has 0 aliphatic heterocycles. The minimum absolute atomic E-state index is 0.178. The SMILES string of the molecule is C=C(C)C(=O)OCOc1ccc(CC(=O)OC)c(C)c1C. The summed E-state index contributed by atoms with van der Waals surface area (Å²) in [6, 6.07) is 3.55. The summed E-state index contributed by atoms with van der Waals surface area (Å²) in [7, 11) is 1.36. The summed E-state index contributed by atoms with van der Waals surface area (Å²) in [5.41, 5.74) is 3.04. The molecule has 0 aliphatic carbocycles. The van der Waals surface area contributed by atoms with E-state index in [4.69, 9.17) is 9.47 Å². The second kappa shape index (κ2) is 7.47. The molecule has 0 N–H and O–H groups in total. The Balaban J connectivity index is 2.73. The number of carbonyl (C=O) groups excluding carboxylic acids is 2. The molecule has 1 aromatic rings. The summed E-state index contributed by atoms with van der Waals surface area (Å²) in [5.74, 6) is -0.177. The minimum atomic E-state index is -0.494. The largest absolute Gasteiger partial charge is 0.469 e. The van der Waals surface area contributed by atoms with Gasteiger partial charge in [-0.2, -0.15) is 0 Å². The van der Waals surface area contributed by atoms with Gasteiger partial charge in [0.1, 0.15) is 5.75 Å². The van der Waals surface area contributed by atoms with Crippen molar-refractivity contribution in [1.29, 1.82) is 0 Å². The number of ether oxygens (including phenoxy) is 3. The highest BCUT2D eigenvalue weighted by atomic mass is 16.7. The van der Waals surface area contributed by atoms with Crippen molar-refractivity contribution in [2.24, 2.45) is 0 Å². The number of hydrogen-bond acceptors (Lipinski definition) is 5. The zero-order valence-corrected chi connectivity index (χ0v) is 12.8. The molecule has 1 aromatic carbocycles. The van der Waals surface area contributed by atoms with Crippen LogP contribution in [0.4, 0.5) is 0 Å². The third-order valence-electron chi connectivity index (χ3n) is 3.17. The van der Waals surface area contributed by atoms with Gasteiger partial charge in [0.15, 0.2) is 0 Å². The second-order valence-corrected chi connectivity index (χ2v) is 4.70. The molecular formula is C16H20O5. The van der Waals surface area contributed by atoms with Gasteiger partial charge in [0.2, 0.25) is 6.79 Å². The number of esters is 2. The molecule has 0 spiro atoms. The predicted octanol–water partition coefficient (Wildman–Crippen LogP) is 2.47. The average molecular weight is 292 g/mol. The molecule has 21 heavy (non-hydrogen) atoms. The topological polar surface area (TPSA) is 61.8 Å². The van der Waals surface area contributed by atoms with Crippen molar-refractivity contribution in [1.82, 2.24) is 0 Å². The van der Waals surface area contributed by atoms with E-state index < -0.39 is 5.97 Å². The first-order chi connectivity index (χ1) is 9.86. The zero-order chi connectivity index (χ0) is 16.0. The van der Waals surface area contributed by atoms with Crippen molar-refractivity contribution in [3.05, 3.63) is 41.0 Å². The molecule has 0 saturated heterocycles. The molecule has 0 aromatic heterocycles. The molecule has 5 nitrogen and oxygen atoms in total. The van der Waals surface area contributed by atoms with Crippen LogP contribution in [0.2, 0.25) is 0 Å². The Bertz CT molecular complexity index is 560. The number of hydrogen-bond donors (Lipinski definition) is 0. The fraction of sp³-hybridized carbons (Fsp3) is 0.375. The lowest BCUT2D eigenvalue weighted by molar-refractivity contribution is -0.145. The lowest BCUT2D eigenvalue weighted by Gasteiger charge is -2.14. The van der Waals surface area contributed by atoms with Crippen LogP contribution in [0.5, 0.6) is 5.75 Å². The summed E-state index contributed by atoms with van der Waals surface area (Å²) in [4.78, 5) is 22.6. The van der Waals surface area contributed by atoms with Gasteiger partial charge in [-0.25, -0.2) is 4.79 Å². The van der Waals surface area contributed by atoms with Gasteiger partial charge in [0.05, 0.1) is 13.5 Å². The third kappa shape index (κ3) is 4.63. The molecule has 0 radical (unpaired) electrons. The quantitative estimate of drug-likeness (QED) is 0.458. The lowest BCUT2D eigenvalue weighted by atomic mass is 10.00. The Morgan fingerprint density at radius 2 is 1.86 bits per heavy atom. The molecule has 1 rings (SSSR count). The highest BCUT2D eigenvalue weighted by Crippen LogP contribution is 2.24. The van der Waals surface area contributed by atoms with Gasteiger partial charge >= 0.3 is 11.9 Å². The number of rotatable bonds is 6. The Morgan fingerprint density at radius 1 is 1.19 bits per heavy atom. The van der Waals surface area contributed by atoms with E-state index in [2.05, 4.69) is 11.3 Å². The fourth-order valence-corrected chi connectivity index (χ4v) is 1.70. The first-order valence-corrected chi connectivity index (χ1v) is 6.48. The maximum atomic E-state index is 11.3. The number of benzene rings is 1. The maximum Gasteiger partial charge on any atom is 0.335 e. The van der Waals surface area contributed by atoms with E-state index in [-0.39, 0.29) is 19.2 Å². The van der Waals surface area contributed by atoms with E-state index >= 15 is 0 Å². The van der Waals surface area contributed by atoms with Crippen molar-refractivity contribution >= 4 is 11.9 Å². The Labute approximate surface area is 124 Å². The lowest BCUT2D eigenvalue weighted by Crippen LogP contribution is -2.12. The van der Waals surface area contributed by atoms with Crippen LogP contribution < -0.4 is 4.74 Å². The van der Waals surface area contributed by atoms with Crippen molar-refractivity contribution < 1.29 is 23.8 Å². The monoisotopic (exact) mass is 292 g/mol. The van der Waals surface area contributed by atoms with Crippen molar-refractivity contribution in [3.63, 3.8) is 0 Å². The van der Waals surface area contributed by atoms with Crippen LogP contribution >= 0.6 is 0 Å². The van der Waals surface area contributed by atoms with Gasteiger partial charge < -0.3 is 14.2 Å². The molecule has 0 heterocycles. The fourth-order valence-electron chi connectivity index (χ4n) is 1.70. The molecule has 0 amide bonds. The smallest absolute Gasteiger partial charge is 0.335 e. The predicted molar refractivity (Wildman–Crippen MR) is 78.0 cm³/mol. The van der Waals surface area contributed by atoms with Crippen molar-refractivity contribution in [2.75, 3.05) is 13.9 Å². The van der Waals surface area contributed by atoms with Gasteiger partial charge in [0.25, 0.3) is 0 Å². The molecule has 5 heteroatoms. The summed E-state index contributed by atoms with van der Waals surface area (Å²) in [6.45, 7) is 8.66. The molecule has 0 bridgehead atoms. The molecule has 0 fully saturated rings. The Hall–Kier alpha value is -2.30. The highest BCUT2D eigenvalue weighted by molar-refractivity contribution is 5.86. The van der Waals surface area contributed by atoms with Gasteiger partial charge in [-0.1, -0.05) is 12.6 Å². The first kappa shape index (κ1) is 16.8. The van der Waals surface area contributed by atoms with Crippen LogP contribution in [0.25, 0.3) is 0 Å². The van der Waals surface area contributed by atoms with Crippen LogP contribution in [0.3, 0.4) is 0 Å². The molecule has 114 valence electrons. The number of carbonyl (C=O) groups is 2. The second-order valence-electron chi connectivity index (χ2n) is 4.70. The number of methoxy groups -OCH3 is 1. The standard InChI is InChI=1S/C16H20O5/c1-10(2)16(18)21-9-20-14-7-6-13(8-15(17)19-5)11(3)12(14)4/h6-7H,1,8-9H2,2-5H3. The Morgan fingerprint density at radius 3 is 2.43 bits per heavy atom. The van der Waals surface area contributed by atoms with Gasteiger partial charge in [-0.05, 0) is 43.5 Å². The normalized spacial score (nSPS) is 9.90. The molecular weight excluding hydrogens is 272 g/mol. The minimum Gasteiger partial charge on any atom is -0.469 e. The average Bonchev–Trinajstić information content (AvgIpc) is 2.45. The van der Waals surface area contributed by atoms with E-state index in [0.29, 0.717) is 11.3 Å². The van der Waals surface area contributed by atoms with Crippen LogP contribution in [0.1, 0.15) is 23.6 Å². The van der Waals surface area contributed by atoms with Gasteiger partial charge in [0, 0.05) is 5.57 Å². The Kier molecular flexibility index (Phi) is 5.96. The van der Waals surface area contributed by atoms with E-state index in [1.165, 1.54) is 7.11 Å². The van der Waals surface area contributed by atoms with Crippen LogP contribution in [0.15, 0.2) is 24.3 Å². The maximum absolute atomic E-state index is 11.3. The van der Waals surface area contributed by atoms with Crippen molar-refractivity contribution in [3.8, 4) is 5.75 Å². The van der Waals surface area contributed by atoms with E-state index in [0.717, 1.165) is 16.7 Å². The van der Waals surface area contributed by atoms with E-state index in [1.807, 2.05) is 13.8 Å². The highest BCUT2D eigenvalue weighted by Gasteiger charge is 2.11. The summed E-state index contributed by atoms with van der Waals surface area (Å²) < 4.78 is 15.0. The van der Waals surface area contributed by atoms with E-state index in [1.54, 1.807) is 19.1 Å². The van der Waals surface area contributed by atoms with Gasteiger partial charge in [-0.15, -0.1) is 0 Å².